The minimum Gasteiger partial charge on any atom is -0.343 e. The smallest absolute Gasteiger partial charge is 0.213 e. The van der Waals surface area contributed by atoms with E-state index < -0.39 is 0 Å². The summed E-state index contributed by atoms with van der Waals surface area (Å²) in [5, 5.41) is 8.06. The SMILES string of the molecule is Cl.Clc1ccc2c(c1SCc1ncon1)CCNCC2. The van der Waals surface area contributed by atoms with E-state index in [1.54, 1.807) is 11.8 Å². The molecule has 4 nitrogen and oxygen atoms in total. The molecule has 1 aromatic carbocycles. The molecule has 1 aromatic heterocycles. The van der Waals surface area contributed by atoms with Gasteiger partial charge in [0, 0.05) is 4.90 Å². The summed E-state index contributed by atoms with van der Waals surface area (Å²) in [7, 11) is 0. The summed E-state index contributed by atoms with van der Waals surface area (Å²) in [4.78, 5) is 5.20. The van der Waals surface area contributed by atoms with Crippen LogP contribution in [0, 0.1) is 0 Å². The van der Waals surface area contributed by atoms with Crippen molar-refractivity contribution in [1.29, 1.82) is 0 Å². The molecule has 2 heterocycles. The zero-order valence-electron chi connectivity index (χ0n) is 10.8. The highest BCUT2D eigenvalue weighted by atomic mass is 35.5. The second-order valence-corrected chi connectivity index (χ2v) is 5.79. The molecule has 108 valence electrons. The van der Waals surface area contributed by atoms with E-state index in [0.29, 0.717) is 11.6 Å². The number of nitrogens with zero attached hydrogens (tertiary/aromatic N) is 2. The van der Waals surface area contributed by atoms with E-state index in [4.69, 9.17) is 16.1 Å². The predicted octanol–water partition coefficient (Wildman–Crippen LogP) is 3.13. The lowest BCUT2D eigenvalue weighted by atomic mass is 10.0. The van der Waals surface area contributed by atoms with Gasteiger partial charge in [-0.25, -0.2) is 0 Å². The van der Waals surface area contributed by atoms with E-state index in [0.717, 1.165) is 35.8 Å². The Labute approximate surface area is 133 Å². The Morgan fingerprint density at radius 3 is 2.95 bits per heavy atom. The quantitative estimate of drug-likeness (QED) is 0.875. The Bertz CT molecular complexity index is 563. The molecule has 1 aliphatic heterocycles. The van der Waals surface area contributed by atoms with Crippen molar-refractivity contribution >= 4 is 35.8 Å². The third kappa shape index (κ3) is 3.47. The normalized spacial score (nSPS) is 14.2. The molecular weight excluding hydrogens is 317 g/mol. The van der Waals surface area contributed by atoms with E-state index >= 15 is 0 Å². The van der Waals surface area contributed by atoms with Gasteiger partial charge in [-0.15, -0.1) is 24.2 Å². The van der Waals surface area contributed by atoms with Gasteiger partial charge in [0.1, 0.15) is 0 Å². The van der Waals surface area contributed by atoms with Gasteiger partial charge in [-0.05, 0) is 43.1 Å². The number of hydrogen-bond donors (Lipinski definition) is 1. The standard InChI is InChI=1S/C13H14ClN3OS.ClH/c14-11-2-1-9-3-5-15-6-4-10(9)13(11)19-7-12-16-8-18-17-12;/h1-2,8,15H,3-7H2;1H. The average Bonchev–Trinajstić information content (AvgIpc) is 2.82. The fourth-order valence-electron chi connectivity index (χ4n) is 2.26. The van der Waals surface area contributed by atoms with E-state index in [1.807, 2.05) is 6.07 Å². The first-order valence-corrected chi connectivity index (χ1v) is 7.60. The van der Waals surface area contributed by atoms with Gasteiger partial charge in [-0.1, -0.05) is 22.8 Å². The van der Waals surface area contributed by atoms with Crippen LogP contribution in [-0.2, 0) is 18.6 Å². The van der Waals surface area contributed by atoms with Crippen molar-refractivity contribution in [1.82, 2.24) is 15.5 Å². The lowest BCUT2D eigenvalue weighted by molar-refractivity contribution is 0.412. The van der Waals surface area contributed by atoms with Crippen LogP contribution in [0.25, 0.3) is 0 Å². The number of halogens is 2. The van der Waals surface area contributed by atoms with Crippen molar-refractivity contribution in [2.24, 2.45) is 0 Å². The highest BCUT2D eigenvalue weighted by Crippen LogP contribution is 2.35. The van der Waals surface area contributed by atoms with Gasteiger partial charge in [-0.3, -0.25) is 0 Å². The van der Waals surface area contributed by atoms with Gasteiger partial charge in [0.15, 0.2) is 5.82 Å². The van der Waals surface area contributed by atoms with Crippen LogP contribution in [0.2, 0.25) is 5.02 Å². The number of rotatable bonds is 3. The Morgan fingerprint density at radius 2 is 2.15 bits per heavy atom. The maximum atomic E-state index is 6.35. The predicted molar refractivity (Wildman–Crippen MR) is 82.8 cm³/mol. The molecule has 1 N–H and O–H groups in total. The summed E-state index contributed by atoms with van der Waals surface area (Å²) in [6.07, 6.45) is 3.43. The van der Waals surface area contributed by atoms with E-state index in [2.05, 4.69) is 21.5 Å². The molecule has 0 aliphatic carbocycles. The number of thioether (sulfide) groups is 1. The molecule has 7 heteroatoms. The van der Waals surface area contributed by atoms with Crippen molar-refractivity contribution in [2.75, 3.05) is 13.1 Å². The highest BCUT2D eigenvalue weighted by molar-refractivity contribution is 7.98. The van der Waals surface area contributed by atoms with Crippen LogP contribution in [0.5, 0.6) is 0 Å². The third-order valence-electron chi connectivity index (χ3n) is 3.18. The number of aromatic nitrogens is 2. The zero-order chi connectivity index (χ0) is 13.1. The Morgan fingerprint density at radius 1 is 1.30 bits per heavy atom. The van der Waals surface area contributed by atoms with Crippen LogP contribution in [0.3, 0.4) is 0 Å². The minimum atomic E-state index is 0. The van der Waals surface area contributed by atoms with Gasteiger partial charge in [0.25, 0.3) is 0 Å². The summed E-state index contributed by atoms with van der Waals surface area (Å²) in [5.74, 6) is 1.38. The van der Waals surface area contributed by atoms with Crippen molar-refractivity contribution in [2.45, 2.75) is 23.5 Å². The molecule has 0 atom stereocenters. The highest BCUT2D eigenvalue weighted by Gasteiger charge is 2.15. The fraction of sp³-hybridized carbons (Fsp3) is 0.385. The second-order valence-electron chi connectivity index (χ2n) is 4.40. The topological polar surface area (TPSA) is 51.0 Å². The van der Waals surface area contributed by atoms with E-state index in [9.17, 15) is 0 Å². The molecule has 0 radical (unpaired) electrons. The van der Waals surface area contributed by atoms with Crippen molar-refractivity contribution in [3.63, 3.8) is 0 Å². The first kappa shape index (κ1) is 15.6. The molecule has 0 saturated heterocycles. The molecule has 0 spiro atoms. The monoisotopic (exact) mass is 331 g/mol. The van der Waals surface area contributed by atoms with Gasteiger partial charge in [0.05, 0.1) is 10.8 Å². The molecule has 0 unspecified atom stereocenters. The first-order chi connectivity index (χ1) is 9.34. The molecule has 0 fully saturated rings. The molecule has 3 rings (SSSR count). The van der Waals surface area contributed by atoms with Crippen LogP contribution in [0.1, 0.15) is 17.0 Å². The summed E-state index contributed by atoms with van der Waals surface area (Å²) in [6.45, 7) is 2.03. The van der Waals surface area contributed by atoms with Crippen LogP contribution in [0.15, 0.2) is 27.9 Å². The second kappa shape index (κ2) is 7.31. The number of nitrogens with one attached hydrogen (secondary N) is 1. The van der Waals surface area contributed by atoms with Crippen molar-refractivity contribution < 1.29 is 4.52 Å². The minimum absolute atomic E-state index is 0. The van der Waals surface area contributed by atoms with Crippen molar-refractivity contribution in [3.8, 4) is 0 Å². The summed E-state index contributed by atoms with van der Waals surface area (Å²) in [6, 6.07) is 4.13. The molecule has 20 heavy (non-hydrogen) atoms. The number of benzene rings is 1. The summed E-state index contributed by atoms with van der Waals surface area (Å²) in [5.41, 5.74) is 2.76. The maximum absolute atomic E-state index is 6.35. The van der Waals surface area contributed by atoms with E-state index in [1.165, 1.54) is 17.5 Å². The van der Waals surface area contributed by atoms with Gasteiger partial charge >= 0.3 is 0 Å². The van der Waals surface area contributed by atoms with E-state index in [-0.39, 0.29) is 12.4 Å². The van der Waals surface area contributed by atoms with Crippen LogP contribution < -0.4 is 5.32 Å². The molecule has 1 aliphatic rings. The summed E-state index contributed by atoms with van der Waals surface area (Å²) >= 11 is 8.03. The lowest BCUT2D eigenvalue weighted by Crippen LogP contribution is -2.16. The van der Waals surface area contributed by atoms with Crippen LogP contribution in [-0.4, -0.2) is 23.2 Å². The lowest BCUT2D eigenvalue weighted by Gasteiger charge is -2.13. The fourth-order valence-corrected chi connectivity index (χ4v) is 3.61. The number of hydrogen-bond acceptors (Lipinski definition) is 5. The van der Waals surface area contributed by atoms with Gasteiger partial charge in [0.2, 0.25) is 6.39 Å². The average molecular weight is 332 g/mol. The van der Waals surface area contributed by atoms with Gasteiger partial charge < -0.3 is 9.84 Å². The van der Waals surface area contributed by atoms with Crippen LogP contribution >= 0.6 is 35.8 Å². The molecule has 0 amide bonds. The molecule has 0 saturated carbocycles. The molecule has 0 bridgehead atoms. The largest absolute Gasteiger partial charge is 0.343 e. The third-order valence-corrected chi connectivity index (χ3v) is 4.77. The Hall–Kier alpha value is -0.750. The van der Waals surface area contributed by atoms with Crippen LogP contribution in [0.4, 0.5) is 0 Å². The first-order valence-electron chi connectivity index (χ1n) is 6.23. The number of fused-ring (bicyclic) bond motifs is 1. The maximum Gasteiger partial charge on any atom is 0.213 e. The Balaban J connectivity index is 0.00000147. The van der Waals surface area contributed by atoms with Crippen molar-refractivity contribution in [3.05, 3.63) is 40.5 Å². The summed E-state index contributed by atoms with van der Waals surface area (Å²) < 4.78 is 4.75. The molecule has 2 aromatic rings. The molecular formula is C13H15Cl2N3OS. The van der Waals surface area contributed by atoms with Gasteiger partial charge in [-0.2, -0.15) is 4.98 Å². The Kier molecular flexibility index (Phi) is 5.72. The zero-order valence-corrected chi connectivity index (χ0v) is 13.2.